The van der Waals surface area contributed by atoms with E-state index >= 15 is 0 Å². The minimum atomic E-state index is -0.365. The van der Waals surface area contributed by atoms with Crippen molar-refractivity contribution in [1.29, 1.82) is 5.26 Å². The van der Waals surface area contributed by atoms with E-state index in [-0.39, 0.29) is 24.9 Å². The third-order valence-corrected chi connectivity index (χ3v) is 2.32. The molecule has 1 atom stereocenters. The molecule has 13 heavy (non-hydrogen) atoms. The van der Waals surface area contributed by atoms with E-state index < -0.39 is 0 Å². The van der Waals surface area contributed by atoms with Gasteiger partial charge in [0.2, 0.25) is 5.91 Å². The molecule has 1 fully saturated rings. The van der Waals surface area contributed by atoms with Gasteiger partial charge in [-0.15, -0.1) is 0 Å². The van der Waals surface area contributed by atoms with Gasteiger partial charge >= 0.3 is 0 Å². The molecule has 0 aromatic heterocycles. The fraction of sp³-hybridized carbons (Fsp3) is 0.778. The molecule has 4 heteroatoms. The summed E-state index contributed by atoms with van der Waals surface area (Å²) in [7, 11) is 0. The predicted octanol–water partition coefficient (Wildman–Crippen LogP) is 1.11. The summed E-state index contributed by atoms with van der Waals surface area (Å²) in [6, 6.07) is 1.81. The Bertz CT molecular complexity index is 224. The minimum Gasteiger partial charge on any atom is -0.341 e. The number of carbonyl (C=O) groups excluding carboxylic acids is 1. The molecule has 0 aromatic carbocycles. The summed E-state index contributed by atoms with van der Waals surface area (Å²) in [5.74, 6) is -0.183. The first-order chi connectivity index (χ1) is 6.27. The second kappa shape index (κ2) is 4.80. The van der Waals surface area contributed by atoms with Crippen molar-refractivity contribution in [3.8, 4) is 6.07 Å². The van der Waals surface area contributed by atoms with Gasteiger partial charge in [0.25, 0.3) is 0 Å². The highest BCUT2D eigenvalue weighted by Crippen LogP contribution is 2.17. The highest BCUT2D eigenvalue weighted by atomic mass is 19.1. The molecule has 0 bridgehead atoms. The van der Waals surface area contributed by atoms with Crippen LogP contribution in [-0.4, -0.2) is 30.6 Å². The standard InChI is InChI=1S/C9H13FN2O/c10-6-8-2-1-5-12(7-8)9(13)3-4-11/h8H,1-3,5-7H2/t8-/m1/s1. The lowest BCUT2D eigenvalue weighted by Gasteiger charge is -2.30. The molecule has 0 radical (unpaired) electrons. The maximum atomic E-state index is 12.3. The fourth-order valence-electron chi connectivity index (χ4n) is 1.60. The van der Waals surface area contributed by atoms with Gasteiger partial charge in [-0.05, 0) is 12.8 Å². The topological polar surface area (TPSA) is 44.1 Å². The number of hydrogen-bond donors (Lipinski definition) is 0. The van der Waals surface area contributed by atoms with Crippen molar-refractivity contribution in [2.45, 2.75) is 19.3 Å². The number of piperidine rings is 1. The zero-order valence-electron chi connectivity index (χ0n) is 7.50. The van der Waals surface area contributed by atoms with Gasteiger partial charge in [0.15, 0.2) is 0 Å². The van der Waals surface area contributed by atoms with Crippen molar-refractivity contribution in [2.24, 2.45) is 5.92 Å². The van der Waals surface area contributed by atoms with Crippen molar-refractivity contribution < 1.29 is 9.18 Å². The van der Waals surface area contributed by atoms with E-state index in [1.807, 2.05) is 6.07 Å². The molecular formula is C9H13FN2O. The number of nitriles is 1. The molecule has 1 aliphatic heterocycles. The molecule has 1 aliphatic rings. The Balaban J connectivity index is 2.42. The van der Waals surface area contributed by atoms with Gasteiger partial charge in [-0.25, -0.2) is 0 Å². The van der Waals surface area contributed by atoms with E-state index in [0.29, 0.717) is 13.1 Å². The van der Waals surface area contributed by atoms with Crippen molar-refractivity contribution in [3.05, 3.63) is 0 Å². The van der Waals surface area contributed by atoms with Crippen molar-refractivity contribution in [1.82, 2.24) is 4.90 Å². The number of halogens is 1. The Morgan fingerprint density at radius 2 is 2.46 bits per heavy atom. The maximum absolute atomic E-state index is 12.3. The Kier molecular flexibility index (Phi) is 3.69. The van der Waals surface area contributed by atoms with Gasteiger partial charge in [0, 0.05) is 19.0 Å². The molecule has 72 valence electrons. The Morgan fingerprint density at radius 3 is 3.08 bits per heavy atom. The van der Waals surface area contributed by atoms with Crippen molar-refractivity contribution >= 4 is 5.91 Å². The lowest BCUT2D eigenvalue weighted by molar-refractivity contribution is -0.132. The molecule has 0 N–H and O–H groups in total. The average molecular weight is 184 g/mol. The molecule has 0 aliphatic carbocycles. The van der Waals surface area contributed by atoms with Gasteiger partial charge in [-0.3, -0.25) is 9.18 Å². The van der Waals surface area contributed by atoms with Crippen LogP contribution in [-0.2, 0) is 4.79 Å². The van der Waals surface area contributed by atoms with Crippen LogP contribution >= 0.6 is 0 Å². The number of nitrogens with zero attached hydrogens (tertiary/aromatic N) is 2. The highest BCUT2D eigenvalue weighted by molar-refractivity contribution is 5.78. The van der Waals surface area contributed by atoms with Crippen LogP contribution in [0.15, 0.2) is 0 Å². The Morgan fingerprint density at radius 1 is 1.69 bits per heavy atom. The predicted molar refractivity (Wildman–Crippen MR) is 45.5 cm³/mol. The third-order valence-electron chi connectivity index (χ3n) is 2.32. The normalized spacial score (nSPS) is 22.5. The van der Waals surface area contributed by atoms with Crippen LogP contribution in [0.25, 0.3) is 0 Å². The molecule has 0 aromatic rings. The second-order valence-electron chi connectivity index (χ2n) is 3.34. The molecule has 3 nitrogen and oxygen atoms in total. The third kappa shape index (κ3) is 2.69. The molecule has 0 unspecified atom stereocenters. The smallest absolute Gasteiger partial charge is 0.236 e. The quantitative estimate of drug-likeness (QED) is 0.645. The van der Waals surface area contributed by atoms with Crippen LogP contribution in [0.5, 0.6) is 0 Å². The maximum Gasteiger partial charge on any atom is 0.236 e. The summed E-state index contributed by atoms with van der Waals surface area (Å²) < 4.78 is 12.3. The summed E-state index contributed by atoms with van der Waals surface area (Å²) in [6.07, 6.45) is 1.62. The van der Waals surface area contributed by atoms with Gasteiger partial charge in [-0.1, -0.05) is 0 Å². The van der Waals surface area contributed by atoms with Crippen molar-refractivity contribution in [2.75, 3.05) is 19.8 Å². The van der Waals surface area contributed by atoms with Crippen LogP contribution in [0, 0.1) is 17.2 Å². The molecular weight excluding hydrogens is 171 g/mol. The number of alkyl halides is 1. The molecule has 1 amide bonds. The zero-order chi connectivity index (χ0) is 9.68. The van der Waals surface area contributed by atoms with Gasteiger partial charge in [0.1, 0.15) is 6.42 Å². The Labute approximate surface area is 77.1 Å². The second-order valence-corrected chi connectivity index (χ2v) is 3.34. The van der Waals surface area contributed by atoms with E-state index in [1.165, 1.54) is 0 Å². The van der Waals surface area contributed by atoms with Gasteiger partial charge in [-0.2, -0.15) is 5.26 Å². The SMILES string of the molecule is N#CCC(=O)N1CCC[C@H](CF)C1. The number of hydrogen-bond acceptors (Lipinski definition) is 2. The van der Waals surface area contributed by atoms with E-state index in [4.69, 9.17) is 5.26 Å². The van der Waals surface area contributed by atoms with Crippen LogP contribution in [0.1, 0.15) is 19.3 Å². The largest absolute Gasteiger partial charge is 0.341 e. The van der Waals surface area contributed by atoms with Crippen LogP contribution in [0.2, 0.25) is 0 Å². The highest BCUT2D eigenvalue weighted by Gasteiger charge is 2.22. The first kappa shape index (κ1) is 9.97. The number of amides is 1. The molecule has 0 spiro atoms. The summed E-state index contributed by atoms with van der Waals surface area (Å²) in [4.78, 5) is 12.8. The zero-order valence-corrected chi connectivity index (χ0v) is 7.50. The van der Waals surface area contributed by atoms with Gasteiger partial charge < -0.3 is 4.90 Å². The van der Waals surface area contributed by atoms with Crippen LogP contribution in [0.3, 0.4) is 0 Å². The number of rotatable bonds is 2. The fourth-order valence-corrected chi connectivity index (χ4v) is 1.60. The monoisotopic (exact) mass is 184 g/mol. The first-order valence-corrected chi connectivity index (χ1v) is 4.48. The summed E-state index contributed by atoms with van der Waals surface area (Å²) in [5, 5.41) is 8.32. The lowest BCUT2D eigenvalue weighted by atomic mass is 9.99. The minimum absolute atomic E-state index is 0.0172. The first-order valence-electron chi connectivity index (χ1n) is 4.48. The molecule has 1 rings (SSSR count). The lowest BCUT2D eigenvalue weighted by Crippen LogP contribution is -2.40. The summed E-state index contributed by atoms with van der Waals surface area (Å²) in [6.45, 7) is 0.796. The molecule has 0 saturated carbocycles. The molecule has 1 saturated heterocycles. The van der Waals surface area contributed by atoms with Crippen molar-refractivity contribution in [3.63, 3.8) is 0 Å². The summed E-state index contributed by atoms with van der Waals surface area (Å²) in [5.41, 5.74) is 0. The van der Waals surface area contributed by atoms with Gasteiger partial charge in [0.05, 0.1) is 12.7 Å². The van der Waals surface area contributed by atoms with E-state index in [2.05, 4.69) is 0 Å². The van der Waals surface area contributed by atoms with E-state index in [0.717, 1.165) is 12.8 Å². The van der Waals surface area contributed by atoms with Crippen LogP contribution < -0.4 is 0 Å². The molecule has 1 heterocycles. The van der Waals surface area contributed by atoms with E-state index in [1.54, 1.807) is 4.90 Å². The van der Waals surface area contributed by atoms with Crippen LogP contribution in [0.4, 0.5) is 4.39 Å². The average Bonchev–Trinajstić information content (AvgIpc) is 2.18. The number of likely N-dealkylation sites (tertiary alicyclic amines) is 1. The summed E-state index contributed by atoms with van der Waals surface area (Å²) >= 11 is 0. The Hall–Kier alpha value is -1.11. The number of carbonyl (C=O) groups is 1. The van der Waals surface area contributed by atoms with E-state index in [9.17, 15) is 9.18 Å².